The van der Waals surface area contributed by atoms with E-state index in [-0.39, 0.29) is 27.4 Å². The lowest BCUT2D eigenvalue weighted by Crippen LogP contribution is -2.01. The van der Waals surface area contributed by atoms with E-state index in [4.69, 9.17) is 21.9 Å². The number of rotatable bonds is 2. The van der Waals surface area contributed by atoms with Crippen LogP contribution in [0.2, 0.25) is 0 Å². The molecule has 0 N–H and O–H groups in total. The lowest BCUT2D eigenvalue weighted by molar-refractivity contribution is 0.992. The van der Waals surface area contributed by atoms with Crippen LogP contribution >= 0.6 is 0 Å². The summed E-state index contributed by atoms with van der Waals surface area (Å²) >= 11 is 0. The van der Waals surface area contributed by atoms with Crippen LogP contribution in [0, 0.1) is 6.92 Å². The number of hydrogen-bond donors (Lipinski definition) is 0. The summed E-state index contributed by atoms with van der Waals surface area (Å²) in [6.07, 6.45) is -3.60. The number of nitrogens with zero attached hydrogens (tertiary/aromatic N) is 1. The Bertz CT molecular complexity index is 1860. The lowest BCUT2D eigenvalue weighted by atomic mass is 9.95. The van der Waals surface area contributed by atoms with Gasteiger partial charge in [0, 0.05) is 19.2 Å². The monoisotopic (exact) mass is 351 g/mol. The molecule has 4 aromatic rings. The van der Waals surface area contributed by atoms with Crippen molar-refractivity contribution < 1.29 is 21.9 Å². The zero-order valence-corrected chi connectivity index (χ0v) is 13.6. The normalized spacial score (nSPS) is 29.6. The highest BCUT2D eigenvalue weighted by Crippen LogP contribution is 2.36. The maximum Gasteiger partial charge on any atom is 0.0645 e. The van der Waals surface area contributed by atoms with Crippen molar-refractivity contribution in [3.05, 3.63) is 95.7 Å². The van der Waals surface area contributed by atoms with Crippen LogP contribution in [0.4, 0.5) is 0 Å². The molecule has 1 aromatic heterocycles. The van der Waals surface area contributed by atoms with Crippen LogP contribution in [-0.2, 0) is 0 Å². The highest BCUT2D eigenvalue weighted by molar-refractivity contribution is 6.10. The number of allylic oxidation sites excluding steroid dienone is 4. The molecule has 3 aromatic carbocycles. The van der Waals surface area contributed by atoms with Crippen LogP contribution in [0.25, 0.3) is 33.1 Å². The lowest BCUT2D eigenvalue weighted by Gasteiger charge is -2.18. The maximum atomic E-state index is 8.99. The molecular formula is C25H21N. The molecule has 0 fully saturated rings. The van der Waals surface area contributed by atoms with E-state index in [1.54, 1.807) is 0 Å². The van der Waals surface area contributed by atoms with E-state index in [0.29, 0.717) is 0 Å². The van der Waals surface area contributed by atoms with Crippen molar-refractivity contribution in [1.29, 1.82) is 0 Å². The molecular weight excluding hydrogens is 314 g/mol. The molecule has 26 heavy (non-hydrogen) atoms. The minimum Gasteiger partial charge on any atom is -0.313 e. The Hall–Kier alpha value is -3.06. The Morgan fingerprint density at radius 3 is 2.04 bits per heavy atom. The van der Waals surface area contributed by atoms with E-state index in [9.17, 15) is 0 Å². The van der Waals surface area contributed by atoms with Gasteiger partial charge in [0.15, 0.2) is 0 Å². The van der Waals surface area contributed by atoms with Gasteiger partial charge in [-0.2, -0.15) is 0 Å². The van der Waals surface area contributed by atoms with Gasteiger partial charge in [-0.3, -0.25) is 0 Å². The second kappa shape index (κ2) is 6.03. The number of hydrogen-bond acceptors (Lipinski definition) is 0. The maximum absolute atomic E-state index is 8.99. The van der Waals surface area contributed by atoms with E-state index < -0.39 is 114 Å². The van der Waals surface area contributed by atoms with Crippen molar-refractivity contribution in [3.63, 3.8) is 0 Å². The molecule has 2 unspecified atom stereocenters. The quantitative estimate of drug-likeness (QED) is 0.373. The molecule has 0 amide bonds. The van der Waals surface area contributed by atoms with Gasteiger partial charge in [0.2, 0.25) is 0 Å². The number of aromatic nitrogens is 1. The summed E-state index contributed by atoms with van der Waals surface area (Å²) in [5, 5.41) is -0.562. The first-order valence-electron chi connectivity index (χ1n) is 16.0. The third-order valence-electron chi connectivity index (χ3n) is 4.03. The fraction of sp³-hybridized carbons (Fsp3) is 0.120. The van der Waals surface area contributed by atoms with E-state index in [0.717, 1.165) is 4.57 Å². The first-order valence-corrected chi connectivity index (χ1v) is 7.83. The van der Waals surface area contributed by atoms with Crippen LogP contribution in [-0.4, -0.2) is 4.57 Å². The molecule has 126 valence electrons. The van der Waals surface area contributed by atoms with E-state index in [2.05, 4.69) is 0 Å². The van der Waals surface area contributed by atoms with Crippen molar-refractivity contribution in [1.82, 2.24) is 4.57 Å². The third kappa shape index (κ3) is 2.40. The van der Waals surface area contributed by atoms with E-state index in [1.165, 1.54) is 6.92 Å². The van der Waals surface area contributed by atoms with Gasteiger partial charge in [0.05, 0.1) is 30.2 Å². The summed E-state index contributed by atoms with van der Waals surface area (Å²) in [5.74, 6) is 0. The average Bonchev–Trinajstić information content (AvgIpc) is 3.31. The molecule has 0 radical (unpaired) electrons. The summed E-state index contributed by atoms with van der Waals surface area (Å²) in [6, 6.07) is -8.68. The van der Waals surface area contributed by atoms with Gasteiger partial charge in [0.25, 0.3) is 0 Å². The van der Waals surface area contributed by atoms with Gasteiger partial charge in [-0.25, -0.2) is 0 Å². The highest BCUT2D eigenvalue weighted by atomic mass is 15.0. The topological polar surface area (TPSA) is 4.93 Å². The first-order chi connectivity index (χ1) is 19.5. The van der Waals surface area contributed by atoms with Gasteiger partial charge < -0.3 is 4.57 Å². The predicted molar refractivity (Wildman–Crippen MR) is 112 cm³/mol. The number of benzene rings is 3. The number of para-hydroxylation sites is 2. The molecule has 0 bridgehead atoms. The molecule has 1 heterocycles. The fourth-order valence-corrected chi connectivity index (χ4v) is 2.82. The van der Waals surface area contributed by atoms with Crippen molar-refractivity contribution in [2.45, 2.75) is 19.7 Å². The summed E-state index contributed by atoms with van der Waals surface area (Å²) in [4.78, 5) is 0. The van der Waals surface area contributed by atoms with Crippen LogP contribution in [0.1, 0.15) is 45.9 Å². The van der Waals surface area contributed by atoms with Gasteiger partial charge in [-0.15, -0.1) is 0 Å². The van der Waals surface area contributed by atoms with Crippen molar-refractivity contribution in [3.8, 4) is 0 Å². The molecule has 0 spiro atoms. The summed E-state index contributed by atoms with van der Waals surface area (Å²) < 4.78 is 137. The Labute approximate surface area is 176 Å². The van der Waals surface area contributed by atoms with Gasteiger partial charge in [-0.1, -0.05) is 72.0 Å². The SMILES string of the molecule is [2H]C1=C(c2c([2H])c([2H])c(C)c([2H])c2[2H])C([2H])C([2H])C(n2c3c([2H])c([2H])c([2H])c([2H])c3c3c([2H])c([2H])c([2H])c([2H])c32)=C1[2H]. The van der Waals surface area contributed by atoms with Crippen LogP contribution in [0.15, 0.2) is 84.6 Å². The molecule has 0 saturated carbocycles. The van der Waals surface area contributed by atoms with Crippen LogP contribution in [0.5, 0.6) is 0 Å². The van der Waals surface area contributed by atoms with Crippen LogP contribution in [0.3, 0.4) is 0 Å². The molecule has 1 aliphatic carbocycles. The second-order valence-electron chi connectivity index (χ2n) is 5.66. The van der Waals surface area contributed by atoms with E-state index >= 15 is 0 Å². The molecule has 1 aliphatic rings. The minimum atomic E-state index is -1.82. The molecule has 5 rings (SSSR count). The summed E-state index contributed by atoms with van der Waals surface area (Å²) in [7, 11) is 0. The Balaban J connectivity index is 2.03. The molecule has 1 nitrogen and oxygen atoms in total. The predicted octanol–water partition coefficient (Wildman–Crippen LogP) is 6.82. The minimum absolute atomic E-state index is 0.0384. The zero-order valence-electron chi connectivity index (χ0n) is 29.6. The first kappa shape index (κ1) is 5.99. The zero-order chi connectivity index (χ0) is 31.4. The Morgan fingerprint density at radius 1 is 0.769 bits per heavy atom. The Morgan fingerprint density at radius 2 is 1.38 bits per heavy atom. The fourth-order valence-electron chi connectivity index (χ4n) is 2.82. The van der Waals surface area contributed by atoms with Crippen molar-refractivity contribution >= 4 is 33.1 Å². The molecule has 0 saturated heterocycles. The average molecular weight is 352 g/mol. The largest absolute Gasteiger partial charge is 0.313 e. The van der Waals surface area contributed by atoms with Crippen LogP contribution < -0.4 is 0 Å². The summed E-state index contributed by atoms with van der Waals surface area (Å²) in [5.41, 5.74) is -1.97. The summed E-state index contributed by atoms with van der Waals surface area (Å²) in [6.45, 7) is 1.38. The Kier molecular flexibility index (Phi) is 1.39. The highest BCUT2D eigenvalue weighted by Gasteiger charge is 2.15. The smallest absolute Gasteiger partial charge is 0.0645 e. The van der Waals surface area contributed by atoms with Gasteiger partial charge in [-0.05, 0) is 49.0 Å². The van der Waals surface area contributed by atoms with E-state index in [1.807, 2.05) is 0 Å². The van der Waals surface area contributed by atoms with Crippen molar-refractivity contribution in [2.24, 2.45) is 0 Å². The standard InChI is InChI=1S/C25H21N/c1-18-10-12-19(13-11-18)20-14-16-21(17-15-20)26-24-8-4-2-6-22(24)23-7-3-5-9-25(23)26/h2-14,16H,15,17H2,1H3/i2D,3D,4D,5D,6D,7D,8D,9D,10D,11D,12D,13D,14D,15D,16D,17D. The van der Waals surface area contributed by atoms with Gasteiger partial charge >= 0.3 is 0 Å². The molecule has 1 heteroatoms. The third-order valence-corrected chi connectivity index (χ3v) is 4.03. The number of fused-ring (bicyclic) bond motifs is 3. The second-order valence-corrected chi connectivity index (χ2v) is 5.66. The van der Waals surface area contributed by atoms with Crippen molar-refractivity contribution in [2.75, 3.05) is 0 Å². The molecule has 2 atom stereocenters. The van der Waals surface area contributed by atoms with Gasteiger partial charge in [0.1, 0.15) is 0 Å². The molecule has 0 aliphatic heterocycles.